The molecule has 1 fully saturated rings. The normalized spacial score (nSPS) is 16.6. The zero-order chi connectivity index (χ0) is 23.4. The van der Waals surface area contributed by atoms with Crippen LogP contribution in [0.25, 0.3) is 6.08 Å². The van der Waals surface area contributed by atoms with Crippen LogP contribution in [0.4, 0.5) is 10.5 Å². The minimum Gasteiger partial charge on any atom is -0.493 e. The molecule has 4 rings (SSSR count). The van der Waals surface area contributed by atoms with Crippen molar-refractivity contribution in [2.24, 2.45) is 0 Å². The molecule has 0 aliphatic carbocycles. The summed E-state index contributed by atoms with van der Waals surface area (Å²) >= 11 is 0. The van der Waals surface area contributed by atoms with Crippen LogP contribution in [-0.2, 0) is 9.53 Å². The topological polar surface area (TPSA) is 105 Å². The van der Waals surface area contributed by atoms with E-state index < -0.39 is 12.2 Å². The third-order valence-electron chi connectivity index (χ3n) is 5.16. The second-order valence-electron chi connectivity index (χ2n) is 7.19. The van der Waals surface area contributed by atoms with Gasteiger partial charge < -0.3 is 33.7 Å². The van der Waals surface area contributed by atoms with Crippen LogP contribution in [0.1, 0.15) is 5.56 Å². The quantitative estimate of drug-likeness (QED) is 0.605. The van der Waals surface area contributed by atoms with Gasteiger partial charge in [-0.05, 0) is 35.9 Å². The van der Waals surface area contributed by atoms with E-state index in [1.54, 1.807) is 36.4 Å². The lowest BCUT2D eigenvalue weighted by Crippen LogP contribution is -2.33. The first-order chi connectivity index (χ1) is 16.0. The Labute approximate surface area is 190 Å². The lowest BCUT2D eigenvalue weighted by Gasteiger charge is -2.13. The van der Waals surface area contributed by atoms with Crippen LogP contribution in [0.15, 0.2) is 36.4 Å². The number of nitrogens with zero attached hydrogens (tertiary/aromatic N) is 1. The number of benzene rings is 2. The van der Waals surface area contributed by atoms with Crippen LogP contribution in [0.2, 0.25) is 0 Å². The molecule has 2 amide bonds. The predicted molar refractivity (Wildman–Crippen MR) is 118 cm³/mol. The molecule has 10 nitrogen and oxygen atoms in total. The van der Waals surface area contributed by atoms with Crippen molar-refractivity contribution < 1.29 is 38.0 Å². The van der Waals surface area contributed by atoms with Crippen molar-refractivity contribution >= 4 is 23.8 Å². The largest absolute Gasteiger partial charge is 0.493 e. The number of nitrogens with one attached hydrogen (secondary N) is 1. The van der Waals surface area contributed by atoms with Gasteiger partial charge in [-0.3, -0.25) is 9.69 Å². The maximum atomic E-state index is 12.3. The summed E-state index contributed by atoms with van der Waals surface area (Å²) in [6.07, 6.45) is 2.04. The number of fused-ring (bicyclic) bond motifs is 1. The van der Waals surface area contributed by atoms with Gasteiger partial charge in [0.05, 0.1) is 40.1 Å². The fourth-order valence-corrected chi connectivity index (χ4v) is 3.53. The predicted octanol–water partition coefficient (Wildman–Crippen LogP) is 2.60. The lowest BCUT2D eigenvalue weighted by molar-refractivity contribution is -0.116. The molecule has 1 saturated heterocycles. The first kappa shape index (κ1) is 22.1. The summed E-state index contributed by atoms with van der Waals surface area (Å²) in [6, 6.07) is 8.69. The van der Waals surface area contributed by atoms with E-state index in [0.717, 1.165) is 0 Å². The van der Waals surface area contributed by atoms with Gasteiger partial charge in [0.15, 0.2) is 23.0 Å². The monoisotopic (exact) mass is 456 g/mol. The summed E-state index contributed by atoms with van der Waals surface area (Å²) in [7, 11) is 4.56. The first-order valence-electron chi connectivity index (χ1n) is 10.2. The van der Waals surface area contributed by atoms with Gasteiger partial charge in [-0.15, -0.1) is 0 Å². The van der Waals surface area contributed by atoms with Gasteiger partial charge in [0.1, 0.15) is 6.10 Å². The number of amides is 2. The van der Waals surface area contributed by atoms with Gasteiger partial charge in [0, 0.05) is 12.1 Å². The molecule has 0 aromatic heterocycles. The second-order valence-corrected chi connectivity index (χ2v) is 7.19. The molecule has 2 aliphatic rings. The van der Waals surface area contributed by atoms with E-state index in [1.165, 1.54) is 32.3 Å². The number of hydrogen-bond acceptors (Lipinski definition) is 8. The van der Waals surface area contributed by atoms with Crippen LogP contribution < -0.4 is 33.9 Å². The maximum Gasteiger partial charge on any atom is 0.414 e. The fraction of sp³-hybridized carbons (Fsp3) is 0.304. The number of methoxy groups -OCH3 is 3. The van der Waals surface area contributed by atoms with Crippen molar-refractivity contribution in [1.82, 2.24) is 5.32 Å². The number of rotatable bonds is 8. The van der Waals surface area contributed by atoms with Crippen LogP contribution in [0.3, 0.4) is 0 Å². The number of cyclic esters (lactones) is 1. The minimum absolute atomic E-state index is 0.154. The van der Waals surface area contributed by atoms with Crippen molar-refractivity contribution in [2.45, 2.75) is 6.10 Å². The number of anilines is 1. The Morgan fingerprint density at radius 1 is 1.09 bits per heavy atom. The van der Waals surface area contributed by atoms with Gasteiger partial charge in [-0.25, -0.2) is 4.79 Å². The van der Waals surface area contributed by atoms with Gasteiger partial charge in [-0.1, -0.05) is 0 Å². The average molecular weight is 456 g/mol. The van der Waals surface area contributed by atoms with E-state index in [-0.39, 0.29) is 19.2 Å². The van der Waals surface area contributed by atoms with E-state index in [9.17, 15) is 9.59 Å². The number of carbonyl (C=O) groups is 2. The average Bonchev–Trinajstić information content (AvgIpc) is 3.46. The number of carbonyl (C=O) groups excluding carboxylic acids is 2. The third kappa shape index (κ3) is 4.74. The standard InChI is InChI=1S/C23H24N2O8/c1-28-19-8-14(9-20(29-2)22(19)30-3)4-7-21(26)24-11-16-12-25(23(27)33-16)15-5-6-17-18(10-15)32-13-31-17/h4-10,16H,11-13H2,1-3H3,(H,24,26)/b7-4+. The smallest absolute Gasteiger partial charge is 0.414 e. The van der Waals surface area contributed by atoms with Gasteiger partial charge >= 0.3 is 6.09 Å². The highest BCUT2D eigenvalue weighted by Gasteiger charge is 2.33. The van der Waals surface area contributed by atoms with Gasteiger partial charge in [-0.2, -0.15) is 0 Å². The van der Waals surface area contributed by atoms with Crippen molar-refractivity contribution in [1.29, 1.82) is 0 Å². The molecule has 10 heteroatoms. The highest BCUT2D eigenvalue weighted by molar-refractivity contribution is 5.92. The highest BCUT2D eigenvalue weighted by Crippen LogP contribution is 2.38. The molecule has 1 unspecified atom stereocenters. The van der Waals surface area contributed by atoms with Crippen LogP contribution in [0.5, 0.6) is 28.7 Å². The minimum atomic E-state index is -0.485. The molecular weight excluding hydrogens is 432 g/mol. The Morgan fingerprint density at radius 3 is 2.52 bits per heavy atom. The van der Waals surface area contributed by atoms with E-state index in [2.05, 4.69) is 5.32 Å². The molecular formula is C23H24N2O8. The molecule has 0 saturated carbocycles. The number of hydrogen-bond donors (Lipinski definition) is 1. The van der Waals surface area contributed by atoms with E-state index in [0.29, 0.717) is 46.5 Å². The summed E-state index contributed by atoms with van der Waals surface area (Å²) in [6.45, 7) is 0.627. The first-order valence-corrected chi connectivity index (χ1v) is 10.2. The molecule has 0 radical (unpaired) electrons. The Morgan fingerprint density at radius 2 is 1.82 bits per heavy atom. The Kier molecular flexibility index (Phi) is 6.43. The molecule has 0 bridgehead atoms. The summed E-state index contributed by atoms with van der Waals surface area (Å²) in [5, 5.41) is 2.75. The van der Waals surface area contributed by atoms with Crippen LogP contribution >= 0.6 is 0 Å². The number of ether oxygens (including phenoxy) is 6. The van der Waals surface area contributed by atoms with Crippen molar-refractivity contribution in [3.8, 4) is 28.7 Å². The molecule has 2 aliphatic heterocycles. The van der Waals surface area contributed by atoms with E-state index in [4.69, 9.17) is 28.4 Å². The molecule has 33 heavy (non-hydrogen) atoms. The Hall–Kier alpha value is -4.08. The molecule has 0 spiro atoms. The summed E-state index contributed by atoms with van der Waals surface area (Å²) in [5.41, 5.74) is 1.33. The van der Waals surface area contributed by atoms with E-state index in [1.807, 2.05) is 0 Å². The maximum absolute atomic E-state index is 12.3. The van der Waals surface area contributed by atoms with Crippen LogP contribution in [-0.4, -0.2) is 59.3 Å². The van der Waals surface area contributed by atoms with Crippen molar-refractivity contribution in [2.75, 3.05) is 46.1 Å². The van der Waals surface area contributed by atoms with Crippen molar-refractivity contribution in [3.05, 3.63) is 42.0 Å². The molecule has 174 valence electrons. The molecule has 1 atom stereocenters. The molecule has 1 N–H and O–H groups in total. The molecule has 2 heterocycles. The fourth-order valence-electron chi connectivity index (χ4n) is 3.53. The van der Waals surface area contributed by atoms with Gasteiger partial charge in [0.25, 0.3) is 0 Å². The highest BCUT2D eigenvalue weighted by atomic mass is 16.7. The Bertz CT molecular complexity index is 1060. The van der Waals surface area contributed by atoms with Gasteiger partial charge in [0.2, 0.25) is 18.4 Å². The summed E-state index contributed by atoms with van der Waals surface area (Å²) in [4.78, 5) is 26.1. The lowest BCUT2D eigenvalue weighted by atomic mass is 10.1. The summed E-state index contributed by atoms with van der Waals surface area (Å²) < 4.78 is 31.9. The van der Waals surface area contributed by atoms with Crippen LogP contribution in [0, 0.1) is 0 Å². The molecule has 2 aromatic rings. The third-order valence-corrected chi connectivity index (χ3v) is 5.16. The van der Waals surface area contributed by atoms with Crippen molar-refractivity contribution in [3.63, 3.8) is 0 Å². The molecule has 2 aromatic carbocycles. The second kappa shape index (κ2) is 9.60. The van der Waals surface area contributed by atoms with E-state index >= 15 is 0 Å². The summed E-state index contributed by atoms with van der Waals surface area (Å²) in [5.74, 6) is 2.32. The Balaban J connectivity index is 1.34. The SMILES string of the molecule is COc1cc(/C=C/C(=O)NCC2CN(c3ccc4c(c3)OCO4)C(=O)O2)cc(OC)c1OC. The zero-order valence-corrected chi connectivity index (χ0v) is 18.5. The zero-order valence-electron chi connectivity index (χ0n) is 18.5.